The minimum absolute atomic E-state index is 0.174. The highest BCUT2D eigenvalue weighted by atomic mass is 35.5. The molecule has 4 aromatic rings. The van der Waals surface area contributed by atoms with Crippen LogP contribution in [0.3, 0.4) is 0 Å². The average molecular weight is 448 g/mol. The van der Waals surface area contributed by atoms with E-state index in [0.717, 1.165) is 0 Å². The van der Waals surface area contributed by atoms with Crippen LogP contribution in [0.25, 0.3) is 22.6 Å². The zero-order valence-corrected chi connectivity index (χ0v) is 17.1. The molecule has 0 fully saturated rings. The summed E-state index contributed by atoms with van der Waals surface area (Å²) in [6.45, 7) is -0.174. The minimum atomic E-state index is -0.325. The highest BCUT2D eigenvalue weighted by molar-refractivity contribution is 6.36. The molecule has 5 nitrogen and oxygen atoms in total. The first kappa shape index (κ1) is 19.6. The van der Waals surface area contributed by atoms with Gasteiger partial charge in [0.2, 0.25) is 5.89 Å². The van der Waals surface area contributed by atoms with Gasteiger partial charge < -0.3 is 14.5 Å². The van der Waals surface area contributed by atoms with Gasteiger partial charge in [-0.1, -0.05) is 46.9 Å². The molecule has 0 radical (unpaired) electrons. The summed E-state index contributed by atoms with van der Waals surface area (Å²) < 4.78 is 11.2. The van der Waals surface area contributed by atoms with Gasteiger partial charge in [0.05, 0.1) is 15.6 Å². The number of fused-ring (bicyclic) bond motifs is 1. The number of amides is 1. The molecule has 1 amide bonds. The number of halogens is 3. The molecule has 29 heavy (non-hydrogen) atoms. The van der Waals surface area contributed by atoms with Gasteiger partial charge in [0.15, 0.2) is 12.2 Å². The van der Waals surface area contributed by atoms with E-state index in [4.69, 9.17) is 44.0 Å². The molecular weight excluding hydrogens is 435 g/mol. The lowest BCUT2D eigenvalue weighted by molar-refractivity contribution is -0.118. The van der Waals surface area contributed by atoms with Crippen LogP contribution in [0.5, 0.6) is 5.75 Å². The third-order valence-corrected chi connectivity index (χ3v) is 4.89. The van der Waals surface area contributed by atoms with Crippen molar-refractivity contribution in [2.45, 2.75) is 0 Å². The molecule has 0 atom stereocenters. The van der Waals surface area contributed by atoms with Crippen molar-refractivity contribution < 1.29 is 13.9 Å². The number of rotatable bonds is 5. The zero-order chi connectivity index (χ0) is 20.4. The second-order valence-corrected chi connectivity index (χ2v) is 7.34. The van der Waals surface area contributed by atoms with Crippen molar-refractivity contribution in [2.75, 3.05) is 11.9 Å². The molecule has 0 aliphatic carbocycles. The van der Waals surface area contributed by atoms with Crippen LogP contribution in [0, 0.1) is 0 Å². The number of para-hydroxylation sites is 1. The number of benzene rings is 3. The smallest absolute Gasteiger partial charge is 0.262 e. The van der Waals surface area contributed by atoms with E-state index in [2.05, 4.69) is 10.3 Å². The fraction of sp³-hybridized carbons (Fsp3) is 0.0476. The lowest BCUT2D eigenvalue weighted by Crippen LogP contribution is -2.20. The van der Waals surface area contributed by atoms with Gasteiger partial charge in [-0.25, -0.2) is 4.98 Å². The Morgan fingerprint density at radius 1 is 1.00 bits per heavy atom. The molecule has 1 N–H and O–H groups in total. The van der Waals surface area contributed by atoms with Gasteiger partial charge in [0.25, 0.3) is 5.91 Å². The Hall–Kier alpha value is -2.73. The molecular formula is C21H13Cl3N2O3. The summed E-state index contributed by atoms with van der Waals surface area (Å²) in [5.74, 6) is 0.488. The van der Waals surface area contributed by atoms with E-state index < -0.39 is 0 Å². The summed E-state index contributed by atoms with van der Waals surface area (Å²) in [5, 5.41) is 4.17. The monoisotopic (exact) mass is 446 g/mol. The van der Waals surface area contributed by atoms with Gasteiger partial charge in [-0.2, -0.15) is 0 Å². The summed E-state index contributed by atoms with van der Waals surface area (Å²) in [7, 11) is 0. The summed E-state index contributed by atoms with van der Waals surface area (Å²) in [5.41, 5.74) is 2.34. The molecule has 3 aromatic carbocycles. The van der Waals surface area contributed by atoms with Gasteiger partial charge in [-0.3, -0.25) is 4.79 Å². The maximum Gasteiger partial charge on any atom is 0.262 e. The maximum atomic E-state index is 12.2. The summed E-state index contributed by atoms with van der Waals surface area (Å²) >= 11 is 18.2. The molecule has 0 unspecified atom stereocenters. The van der Waals surface area contributed by atoms with Crippen molar-refractivity contribution in [3.63, 3.8) is 0 Å². The molecule has 0 aliphatic rings. The molecule has 0 saturated carbocycles. The first-order valence-electron chi connectivity index (χ1n) is 8.53. The van der Waals surface area contributed by atoms with Crippen LogP contribution in [-0.4, -0.2) is 17.5 Å². The van der Waals surface area contributed by atoms with Gasteiger partial charge in [-0.15, -0.1) is 0 Å². The summed E-state index contributed by atoms with van der Waals surface area (Å²) in [6, 6.07) is 17.2. The molecule has 8 heteroatoms. The SMILES string of the molecule is O=C(COc1ccccc1Cl)Nc1ccc2oc(-c3ccc(Cl)cc3Cl)nc2c1. The summed E-state index contributed by atoms with van der Waals surface area (Å²) in [6.07, 6.45) is 0. The number of hydrogen-bond acceptors (Lipinski definition) is 4. The Labute approximate surface area is 181 Å². The van der Waals surface area contributed by atoms with Gasteiger partial charge in [-0.05, 0) is 48.5 Å². The van der Waals surface area contributed by atoms with Crippen molar-refractivity contribution >= 4 is 57.5 Å². The van der Waals surface area contributed by atoms with Crippen LogP contribution >= 0.6 is 34.8 Å². The Balaban J connectivity index is 1.49. The predicted molar refractivity (Wildman–Crippen MR) is 115 cm³/mol. The van der Waals surface area contributed by atoms with Crippen molar-refractivity contribution in [3.8, 4) is 17.2 Å². The molecule has 0 aliphatic heterocycles. The third kappa shape index (κ3) is 4.48. The largest absolute Gasteiger partial charge is 0.482 e. The zero-order valence-electron chi connectivity index (χ0n) is 14.8. The Morgan fingerprint density at radius 3 is 2.62 bits per heavy atom. The lowest BCUT2D eigenvalue weighted by atomic mass is 10.2. The second kappa shape index (κ2) is 8.33. The van der Waals surface area contributed by atoms with Crippen molar-refractivity contribution in [2.24, 2.45) is 0 Å². The molecule has 0 spiro atoms. The second-order valence-electron chi connectivity index (χ2n) is 6.09. The highest BCUT2D eigenvalue weighted by Crippen LogP contribution is 2.32. The number of carbonyl (C=O) groups is 1. The number of hydrogen-bond donors (Lipinski definition) is 1. The number of anilines is 1. The number of nitrogens with zero attached hydrogens (tertiary/aromatic N) is 1. The van der Waals surface area contributed by atoms with Crippen LogP contribution < -0.4 is 10.1 Å². The highest BCUT2D eigenvalue weighted by Gasteiger charge is 2.13. The summed E-state index contributed by atoms with van der Waals surface area (Å²) in [4.78, 5) is 16.6. The van der Waals surface area contributed by atoms with E-state index in [1.165, 1.54) is 0 Å². The third-order valence-electron chi connectivity index (χ3n) is 4.03. The molecule has 0 bridgehead atoms. The lowest BCUT2D eigenvalue weighted by Gasteiger charge is -2.08. The normalized spacial score (nSPS) is 10.9. The molecule has 1 heterocycles. The molecule has 4 rings (SSSR count). The van der Waals surface area contributed by atoms with Crippen LogP contribution in [0.1, 0.15) is 0 Å². The standard InChI is InChI=1S/C21H13Cl3N2O3/c22-12-5-7-14(16(24)9-12)21-26-17-10-13(6-8-19(17)29-21)25-20(27)11-28-18-4-2-1-3-15(18)23/h1-10H,11H2,(H,25,27). The number of ether oxygens (including phenoxy) is 1. The Morgan fingerprint density at radius 2 is 1.83 bits per heavy atom. The molecule has 0 saturated heterocycles. The number of oxazole rings is 1. The van der Waals surface area contributed by atoms with Crippen LogP contribution in [0.4, 0.5) is 5.69 Å². The quantitative estimate of drug-likeness (QED) is 0.381. The molecule has 146 valence electrons. The van der Waals surface area contributed by atoms with E-state index in [1.54, 1.807) is 60.7 Å². The van der Waals surface area contributed by atoms with Crippen molar-refractivity contribution in [3.05, 3.63) is 75.7 Å². The fourth-order valence-electron chi connectivity index (χ4n) is 2.69. The van der Waals surface area contributed by atoms with E-state index in [9.17, 15) is 4.79 Å². The van der Waals surface area contributed by atoms with Crippen LogP contribution in [0.15, 0.2) is 65.1 Å². The first-order valence-corrected chi connectivity index (χ1v) is 9.66. The van der Waals surface area contributed by atoms with E-state index in [-0.39, 0.29) is 12.5 Å². The number of aromatic nitrogens is 1. The Bertz CT molecular complexity index is 1210. The van der Waals surface area contributed by atoms with E-state index in [0.29, 0.717) is 49.1 Å². The topological polar surface area (TPSA) is 64.4 Å². The van der Waals surface area contributed by atoms with Gasteiger partial charge in [0, 0.05) is 10.7 Å². The van der Waals surface area contributed by atoms with Gasteiger partial charge in [0.1, 0.15) is 11.3 Å². The van der Waals surface area contributed by atoms with Crippen molar-refractivity contribution in [1.82, 2.24) is 4.98 Å². The number of carbonyl (C=O) groups excluding carboxylic acids is 1. The van der Waals surface area contributed by atoms with Crippen molar-refractivity contribution in [1.29, 1.82) is 0 Å². The fourth-order valence-corrected chi connectivity index (χ4v) is 3.37. The predicted octanol–water partition coefficient (Wildman–Crippen LogP) is 6.47. The van der Waals surface area contributed by atoms with E-state index in [1.807, 2.05) is 0 Å². The number of nitrogens with one attached hydrogen (secondary N) is 1. The van der Waals surface area contributed by atoms with Gasteiger partial charge >= 0.3 is 0 Å². The van der Waals surface area contributed by atoms with E-state index >= 15 is 0 Å². The maximum absolute atomic E-state index is 12.2. The van der Waals surface area contributed by atoms with Crippen LogP contribution in [-0.2, 0) is 4.79 Å². The Kier molecular flexibility index (Phi) is 5.62. The minimum Gasteiger partial charge on any atom is -0.482 e. The average Bonchev–Trinajstić information content (AvgIpc) is 3.10. The van der Waals surface area contributed by atoms with Crippen LogP contribution in [0.2, 0.25) is 15.1 Å². The first-order chi connectivity index (χ1) is 14.0. The molecule has 1 aromatic heterocycles.